The van der Waals surface area contributed by atoms with Crippen LogP contribution in [-0.4, -0.2) is 10.8 Å². The van der Waals surface area contributed by atoms with Crippen molar-refractivity contribution in [2.45, 2.75) is 18.3 Å². The zero-order valence-electron chi connectivity index (χ0n) is 8.27. The standard InChI is InChI=1S/C10H9BrN2O3/c11-8-5-6(13(15)16)1-2-7(8)10(3-4-10)9(12)14/h1-2,5H,3-4H2,(H2,12,14). The van der Waals surface area contributed by atoms with Crippen LogP contribution in [0.5, 0.6) is 0 Å². The Labute approximate surface area is 99.9 Å². The van der Waals surface area contributed by atoms with Gasteiger partial charge >= 0.3 is 0 Å². The fourth-order valence-electron chi connectivity index (χ4n) is 1.78. The van der Waals surface area contributed by atoms with Crippen molar-refractivity contribution in [2.75, 3.05) is 0 Å². The third-order valence-corrected chi connectivity index (χ3v) is 3.56. The number of halogens is 1. The third kappa shape index (κ3) is 1.59. The van der Waals surface area contributed by atoms with E-state index >= 15 is 0 Å². The molecule has 16 heavy (non-hydrogen) atoms. The molecule has 0 unspecified atom stereocenters. The molecule has 1 fully saturated rings. The van der Waals surface area contributed by atoms with Gasteiger partial charge in [-0.3, -0.25) is 14.9 Å². The fourth-order valence-corrected chi connectivity index (χ4v) is 2.53. The van der Waals surface area contributed by atoms with E-state index in [4.69, 9.17) is 5.73 Å². The molecule has 0 heterocycles. The third-order valence-electron chi connectivity index (χ3n) is 2.90. The summed E-state index contributed by atoms with van der Waals surface area (Å²) in [6.45, 7) is 0. The molecule has 0 aliphatic heterocycles. The number of amides is 1. The smallest absolute Gasteiger partial charge is 0.270 e. The molecule has 1 aliphatic carbocycles. The van der Waals surface area contributed by atoms with Crippen LogP contribution < -0.4 is 5.73 Å². The maximum Gasteiger partial charge on any atom is 0.270 e. The molecule has 0 saturated heterocycles. The molecule has 0 radical (unpaired) electrons. The molecule has 0 aromatic heterocycles. The summed E-state index contributed by atoms with van der Waals surface area (Å²) in [5.74, 6) is -0.373. The molecule has 1 amide bonds. The number of primary amides is 1. The molecule has 1 saturated carbocycles. The second kappa shape index (κ2) is 3.55. The summed E-state index contributed by atoms with van der Waals surface area (Å²) in [7, 11) is 0. The number of hydrogen-bond acceptors (Lipinski definition) is 3. The second-order valence-electron chi connectivity index (χ2n) is 3.87. The number of nitro groups is 1. The van der Waals surface area contributed by atoms with Crippen LogP contribution in [0.15, 0.2) is 22.7 Å². The van der Waals surface area contributed by atoms with Crippen molar-refractivity contribution in [1.82, 2.24) is 0 Å². The Morgan fingerprint density at radius 2 is 2.12 bits per heavy atom. The number of nitrogens with zero attached hydrogens (tertiary/aromatic N) is 1. The van der Waals surface area contributed by atoms with Crippen LogP contribution in [0, 0.1) is 10.1 Å². The average molecular weight is 285 g/mol. The van der Waals surface area contributed by atoms with E-state index in [2.05, 4.69) is 15.9 Å². The number of carbonyl (C=O) groups excluding carboxylic acids is 1. The molecule has 5 nitrogen and oxygen atoms in total. The summed E-state index contributed by atoms with van der Waals surface area (Å²) in [5.41, 5.74) is 5.46. The summed E-state index contributed by atoms with van der Waals surface area (Å²) < 4.78 is 0.568. The van der Waals surface area contributed by atoms with E-state index in [9.17, 15) is 14.9 Å². The molecular formula is C10H9BrN2O3. The maximum atomic E-state index is 11.3. The first kappa shape index (κ1) is 11.1. The lowest BCUT2D eigenvalue weighted by molar-refractivity contribution is -0.384. The minimum atomic E-state index is -0.617. The first-order valence-corrected chi connectivity index (χ1v) is 5.51. The Kier molecular flexibility index (Phi) is 2.46. The lowest BCUT2D eigenvalue weighted by Gasteiger charge is -2.12. The zero-order valence-corrected chi connectivity index (χ0v) is 9.86. The first-order valence-electron chi connectivity index (χ1n) is 4.72. The Balaban J connectivity index is 2.45. The predicted molar refractivity (Wildman–Crippen MR) is 60.9 cm³/mol. The van der Waals surface area contributed by atoms with Crippen LogP contribution in [0.1, 0.15) is 18.4 Å². The van der Waals surface area contributed by atoms with E-state index in [1.165, 1.54) is 12.1 Å². The number of nitro benzene ring substituents is 1. The molecule has 84 valence electrons. The normalized spacial score (nSPS) is 16.8. The SMILES string of the molecule is NC(=O)C1(c2ccc([N+](=O)[O-])cc2Br)CC1. The highest BCUT2D eigenvalue weighted by Crippen LogP contribution is 2.50. The van der Waals surface area contributed by atoms with Crippen molar-refractivity contribution in [1.29, 1.82) is 0 Å². The fraction of sp³-hybridized carbons (Fsp3) is 0.300. The second-order valence-corrected chi connectivity index (χ2v) is 4.72. The van der Waals surface area contributed by atoms with Gasteiger partial charge in [-0.15, -0.1) is 0 Å². The summed E-state index contributed by atoms with van der Waals surface area (Å²) in [6.07, 6.45) is 1.41. The largest absolute Gasteiger partial charge is 0.369 e. The van der Waals surface area contributed by atoms with Crippen molar-refractivity contribution < 1.29 is 9.72 Å². The van der Waals surface area contributed by atoms with Gasteiger partial charge in [0.15, 0.2) is 0 Å². The van der Waals surface area contributed by atoms with Gasteiger partial charge in [0.25, 0.3) is 5.69 Å². The van der Waals surface area contributed by atoms with Gasteiger partial charge in [-0.1, -0.05) is 15.9 Å². The van der Waals surface area contributed by atoms with E-state index in [0.29, 0.717) is 17.3 Å². The van der Waals surface area contributed by atoms with Gasteiger partial charge in [-0.2, -0.15) is 0 Å². The van der Waals surface area contributed by atoms with Crippen LogP contribution >= 0.6 is 15.9 Å². The predicted octanol–water partition coefficient (Wildman–Crippen LogP) is 1.87. The van der Waals surface area contributed by atoms with Gasteiger partial charge < -0.3 is 5.73 Å². The quantitative estimate of drug-likeness (QED) is 0.679. The zero-order chi connectivity index (χ0) is 11.9. The van der Waals surface area contributed by atoms with Gasteiger partial charge in [0.05, 0.1) is 10.3 Å². The van der Waals surface area contributed by atoms with Crippen LogP contribution in [0.25, 0.3) is 0 Å². The van der Waals surface area contributed by atoms with Gasteiger partial charge in [0, 0.05) is 16.6 Å². The van der Waals surface area contributed by atoms with Crippen LogP contribution in [-0.2, 0) is 10.2 Å². The minimum absolute atomic E-state index is 0.00380. The number of hydrogen-bond donors (Lipinski definition) is 1. The van der Waals surface area contributed by atoms with Crippen molar-refractivity contribution in [3.8, 4) is 0 Å². The number of benzene rings is 1. The minimum Gasteiger partial charge on any atom is -0.369 e. The first-order chi connectivity index (χ1) is 7.47. The highest BCUT2D eigenvalue weighted by atomic mass is 79.9. The van der Waals surface area contributed by atoms with Crippen molar-refractivity contribution >= 4 is 27.5 Å². The molecule has 2 rings (SSSR count). The molecule has 1 aromatic carbocycles. The van der Waals surface area contributed by atoms with Gasteiger partial charge in [0.2, 0.25) is 5.91 Å². The highest BCUT2D eigenvalue weighted by Gasteiger charge is 2.51. The molecule has 2 N–H and O–H groups in total. The summed E-state index contributed by atoms with van der Waals surface area (Å²) >= 11 is 3.25. The van der Waals surface area contributed by atoms with Gasteiger partial charge in [-0.25, -0.2) is 0 Å². The molecular weight excluding hydrogens is 276 g/mol. The molecule has 0 bridgehead atoms. The molecule has 0 atom stereocenters. The van der Waals surface area contributed by atoms with Crippen molar-refractivity contribution in [3.05, 3.63) is 38.3 Å². The molecule has 6 heteroatoms. The number of carbonyl (C=O) groups is 1. The van der Waals surface area contributed by atoms with Crippen molar-refractivity contribution in [2.24, 2.45) is 5.73 Å². The highest BCUT2D eigenvalue weighted by molar-refractivity contribution is 9.10. The molecule has 1 aliphatic rings. The van der Waals surface area contributed by atoms with Gasteiger partial charge in [0.1, 0.15) is 0 Å². The van der Waals surface area contributed by atoms with E-state index in [-0.39, 0.29) is 11.6 Å². The average Bonchev–Trinajstić information content (AvgIpc) is 2.98. The van der Waals surface area contributed by atoms with Gasteiger partial charge in [-0.05, 0) is 24.5 Å². The van der Waals surface area contributed by atoms with E-state index in [0.717, 1.165) is 5.56 Å². The Morgan fingerprint density at radius 1 is 1.50 bits per heavy atom. The van der Waals surface area contributed by atoms with E-state index in [1.807, 2.05) is 0 Å². The Morgan fingerprint density at radius 3 is 2.50 bits per heavy atom. The molecule has 1 aromatic rings. The molecule has 0 spiro atoms. The van der Waals surface area contributed by atoms with Crippen LogP contribution in [0.3, 0.4) is 0 Å². The Bertz CT molecular complexity index is 483. The number of non-ortho nitro benzene ring substituents is 1. The monoisotopic (exact) mass is 284 g/mol. The number of rotatable bonds is 3. The summed E-state index contributed by atoms with van der Waals surface area (Å²) in [5, 5.41) is 10.6. The maximum absolute atomic E-state index is 11.3. The summed E-state index contributed by atoms with van der Waals surface area (Å²) in [4.78, 5) is 21.4. The number of nitrogens with two attached hydrogens (primary N) is 1. The topological polar surface area (TPSA) is 86.2 Å². The lowest BCUT2D eigenvalue weighted by Crippen LogP contribution is -2.28. The Hall–Kier alpha value is -1.43. The van der Waals surface area contributed by atoms with E-state index in [1.54, 1.807) is 6.07 Å². The lowest BCUT2D eigenvalue weighted by atomic mass is 9.95. The van der Waals surface area contributed by atoms with Crippen LogP contribution in [0.2, 0.25) is 0 Å². The van der Waals surface area contributed by atoms with Crippen molar-refractivity contribution in [3.63, 3.8) is 0 Å². The summed E-state index contributed by atoms with van der Waals surface area (Å²) in [6, 6.07) is 4.39. The van der Waals surface area contributed by atoms with Crippen LogP contribution in [0.4, 0.5) is 5.69 Å². The van der Waals surface area contributed by atoms with E-state index < -0.39 is 10.3 Å².